The number of piperidine rings is 1. The van der Waals surface area contributed by atoms with Crippen LogP contribution in [0.2, 0.25) is 0 Å². The lowest BCUT2D eigenvalue weighted by molar-refractivity contribution is -0.136. The molecule has 0 bridgehead atoms. The summed E-state index contributed by atoms with van der Waals surface area (Å²) in [6.07, 6.45) is 4.92. The van der Waals surface area contributed by atoms with E-state index in [2.05, 4.69) is 37.3 Å². The van der Waals surface area contributed by atoms with Gasteiger partial charge in [-0.1, -0.05) is 30.3 Å². The van der Waals surface area contributed by atoms with Gasteiger partial charge in [-0.3, -0.25) is 4.79 Å². The number of hydrogen-bond acceptors (Lipinski definition) is 6. The van der Waals surface area contributed by atoms with Crippen molar-refractivity contribution in [3.8, 4) is 5.82 Å². The summed E-state index contributed by atoms with van der Waals surface area (Å²) in [6.45, 7) is 4.94. The van der Waals surface area contributed by atoms with E-state index in [4.69, 9.17) is 0 Å². The van der Waals surface area contributed by atoms with E-state index in [1.165, 1.54) is 6.33 Å². The number of benzene rings is 1. The number of rotatable bonds is 6. The predicted octanol–water partition coefficient (Wildman–Crippen LogP) is 2.32. The van der Waals surface area contributed by atoms with Crippen LogP contribution in [0.3, 0.4) is 0 Å². The van der Waals surface area contributed by atoms with Crippen LogP contribution in [0.1, 0.15) is 25.3 Å². The Morgan fingerprint density at radius 2 is 1.93 bits per heavy atom. The van der Waals surface area contributed by atoms with E-state index in [0.29, 0.717) is 25.5 Å². The summed E-state index contributed by atoms with van der Waals surface area (Å²) in [5.41, 5.74) is 1.16. The van der Waals surface area contributed by atoms with E-state index in [0.717, 1.165) is 30.8 Å². The SMILES string of the molecule is CCN(Cc1ccccc1)C(=O)C1CCCN(c2ccc(-n3cncn3)nn2)C1. The van der Waals surface area contributed by atoms with Crippen molar-refractivity contribution in [1.82, 2.24) is 29.9 Å². The first-order valence-corrected chi connectivity index (χ1v) is 10.0. The van der Waals surface area contributed by atoms with E-state index < -0.39 is 0 Å². The summed E-state index contributed by atoms with van der Waals surface area (Å²) in [5, 5.41) is 12.7. The van der Waals surface area contributed by atoms with Crippen LogP contribution in [0.15, 0.2) is 55.1 Å². The van der Waals surface area contributed by atoms with Gasteiger partial charge in [-0.05, 0) is 37.5 Å². The van der Waals surface area contributed by atoms with Crippen LogP contribution in [-0.2, 0) is 11.3 Å². The molecule has 1 atom stereocenters. The van der Waals surface area contributed by atoms with Gasteiger partial charge in [0.05, 0.1) is 5.92 Å². The normalized spacial score (nSPS) is 16.6. The summed E-state index contributed by atoms with van der Waals surface area (Å²) in [5.74, 6) is 1.60. The first-order chi connectivity index (χ1) is 14.2. The van der Waals surface area contributed by atoms with Crippen molar-refractivity contribution in [1.29, 1.82) is 0 Å². The highest BCUT2D eigenvalue weighted by Crippen LogP contribution is 2.24. The second kappa shape index (κ2) is 8.81. The van der Waals surface area contributed by atoms with Gasteiger partial charge in [0.15, 0.2) is 11.6 Å². The number of aromatic nitrogens is 5. The van der Waals surface area contributed by atoms with Crippen molar-refractivity contribution < 1.29 is 4.79 Å². The molecule has 3 heterocycles. The predicted molar refractivity (Wildman–Crippen MR) is 109 cm³/mol. The molecule has 0 radical (unpaired) electrons. The summed E-state index contributed by atoms with van der Waals surface area (Å²) in [6, 6.07) is 13.9. The van der Waals surface area contributed by atoms with Gasteiger partial charge < -0.3 is 9.80 Å². The fourth-order valence-corrected chi connectivity index (χ4v) is 3.73. The van der Waals surface area contributed by atoms with E-state index in [-0.39, 0.29) is 11.8 Å². The van der Waals surface area contributed by atoms with Gasteiger partial charge in [-0.15, -0.1) is 10.2 Å². The number of carbonyl (C=O) groups is 1. The fourth-order valence-electron chi connectivity index (χ4n) is 3.73. The first kappa shape index (κ1) is 19.0. The molecule has 1 unspecified atom stereocenters. The molecule has 8 nitrogen and oxygen atoms in total. The van der Waals surface area contributed by atoms with Crippen LogP contribution in [0.25, 0.3) is 5.82 Å². The molecule has 8 heteroatoms. The highest BCUT2D eigenvalue weighted by Gasteiger charge is 2.29. The molecule has 2 aromatic heterocycles. The maximum Gasteiger partial charge on any atom is 0.227 e. The average molecular weight is 391 g/mol. The first-order valence-electron chi connectivity index (χ1n) is 10.0. The standard InChI is InChI=1S/C21H25N7O/c1-2-26(13-17-7-4-3-5-8-17)21(29)18-9-6-12-27(14-18)19-10-11-20(25-24-19)28-16-22-15-23-28/h3-5,7-8,10-11,15-16,18H,2,6,9,12-14H2,1H3. The lowest BCUT2D eigenvalue weighted by atomic mass is 9.96. The van der Waals surface area contributed by atoms with Crippen molar-refractivity contribution in [3.05, 3.63) is 60.7 Å². The Labute approximate surface area is 170 Å². The molecule has 0 N–H and O–H groups in total. The van der Waals surface area contributed by atoms with Crippen LogP contribution in [0.4, 0.5) is 5.82 Å². The van der Waals surface area contributed by atoms with Crippen LogP contribution in [0, 0.1) is 5.92 Å². The van der Waals surface area contributed by atoms with Crippen LogP contribution in [0.5, 0.6) is 0 Å². The summed E-state index contributed by atoms with van der Waals surface area (Å²) in [4.78, 5) is 21.2. The zero-order valence-corrected chi connectivity index (χ0v) is 16.6. The quantitative estimate of drug-likeness (QED) is 0.642. The number of amides is 1. The van der Waals surface area contributed by atoms with Crippen LogP contribution < -0.4 is 4.90 Å². The molecule has 1 aliphatic heterocycles. The molecule has 0 aliphatic carbocycles. The van der Waals surface area contributed by atoms with Gasteiger partial charge in [-0.2, -0.15) is 5.10 Å². The van der Waals surface area contributed by atoms with Gasteiger partial charge in [0.25, 0.3) is 0 Å². The van der Waals surface area contributed by atoms with Crippen LogP contribution >= 0.6 is 0 Å². The Morgan fingerprint density at radius 1 is 1.14 bits per heavy atom. The molecule has 0 saturated carbocycles. The summed E-state index contributed by atoms with van der Waals surface area (Å²) >= 11 is 0. The molecule has 1 fully saturated rings. The zero-order chi connectivity index (χ0) is 20.1. The van der Waals surface area contributed by atoms with Gasteiger partial charge in [0.2, 0.25) is 5.91 Å². The van der Waals surface area contributed by atoms with Gasteiger partial charge in [0.1, 0.15) is 12.7 Å². The van der Waals surface area contributed by atoms with Crippen molar-refractivity contribution in [2.45, 2.75) is 26.3 Å². The maximum atomic E-state index is 13.2. The van der Waals surface area contributed by atoms with Crippen molar-refractivity contribution in [3.63, 3.8) is 0 Å². The van der Waals surface area contributed by atoms with E-state index in [1.54, 1.807) is 11.0 Å². The average Bonchev–Trinajstić information content (AvgIpc) is 3.33. The molecular formula is C21H25N7O. The van der Waals surface area contributed by atoms with E-state index >= 15 is 0 Å². The lowest BCUT2D eigenvalue weighted by Gasteiger charge is -2.35. The minimum absolute atomic E-state index is 0.0239. The fraction of sp³-hybridized carbons (Fsp3) is 0.381. The number of carbonyl (C=O) groups excluding carboxylic acids is 1. The third-order valence-electron chi connectivity index (χ3n) is 5.29. The van der Waals surface area contributed by atoms with E-state index in [9.17, 15) is 4.79 Å². The molecule has 29 heavy (non-hydrogen) atoms. The minimum Gasteiger partial charge on any atom is -0.354 e. The Balaban J connectivity index is 1.42. The second-order valence-electron chi connectivity index (χ2n) is 7.21. The second-order valence-corrected chi connectivity index (χ2v) is 7.21. The molecular weight excluding hydrogens is 366 g/mol. The van der Waals surface area contributed by atoms with E-state index in [1.807, 2.05) is 42.2 Å². The number of anilines is 1. The number of hydrogen-bond donors (Lipinski definition) is 0. The van der Waals surface area contributed by atoms with Crippen molar-refractivity contribution >= 4 is 11.7 Å². The Morgan fingerprint density at radius 3 is 2.62 bits per heavy atom. The Bertz CT molecular complexity index is 912. The Hall–Kier alpha value is -3.29. The molecule has 150 valence electrons. The third kappa shape index (κ3) is 4.42. The number of nitrogens with zero attached hydrogens (tertiary/aromatic N) is 7. The highest BCUT2D eigenvalue weighted by atomic mass is 16.2. The van der Waals surface area contributed by atoms with Crippen molar-refractivity contribution in [2.75, 3.05) is 24.5 Å². The molecule has 1 aliphatic rings. The minimum atomic E-state index is -0.0239. The van der Waals surface area contributed by atoms with Gasteiger partial charge in [-0.25, -0.2) is 9.67 Å². The molecule has 1 aromatic carbocycles. The summed E-state index contributed by atoms with van der Waals surface area (Å²) in [7, 11) is 0. The largest absolute Gasteiger partial charge is 0.354 e. The smallest absolute Gasteiger partial charge is 0.227 e. The molecule has 4 rings (SSSR count). The third-order valence-corrected chi connectivity index (χ3v) is 5.29. The van der Waals surface area contributed by atoms with Gasteiger partial charge >= 0.3 is 0 Å². The maximum absolute atomic E-state index is 13.2. The zero-order valence-electron chi connectivity index (χ0n) is 16.6. The van der Waals surface area contributed by atoms with Gasteiger partial charge in [0, 0.05) is 26.2 Å². The van der Waals surface area contributed by atoms with Crippen molar-refractivity contribution in [2.24, 2.45) is 5.92 Å². The van der Waals surface area contributed by atoms with Crippen LogP contribution in [-0.4, -0.2) is 55.4 Å². The Kier molecular flexibility index (Phi) is 5.79. The highest BCUT2D eigenvalue weighted by molar-refractivity contribution is 5.79. The molecule has 1 saturated heterocycles. The summed E-state index contributed by atoms with van der Waals surface area (Å²) < 4.78 is 1.57. The molecule has 0 spiro atoms. The molecule has 1 amide bonds. The topological polar surface area (TPSA) is 80.0 Å². The monoisotopic (exact) mass is 391 g/mol. The lowest BCUT2D eigenvalue weighted by Crippen LogP contribution is -2.45. The molecule has 3 aromatic rings.